The molecule has 2 nitrogen and oxygen atoms in total. The molecule has 0 aromatic heterocycles. The predicted octanol–water partition coefficient (Wildman–Crippen LogP) is 2.56. The van der Waals surface area contributed by atoms with E-state index >= 15 is 0 Å². The van der Waals surface area contributed by atoms with Gasteiger partial charge in [-0.15, -0.1) is 0 Å². The van der Waals surface area contributed by atoms with E-state index in [1.807, 2.05) is 0 Å². The summed E-state index contributed by atoms with van der Waals surface area (Å²) >= 11 is 0. The molecule has 0 atom stereocenters. The summed E-state index contributed by atoms with van der Waals surface area (Å²) in [5.41, 5.74) is -0.412. The minimum Gasteiger partial charge on any atom is -0.370 e. The van der Waals surface area contributed by atoms with Gasteiger partial charge in [-0.25, -0.2) is 0 Å². The van der Waals surface area contributed by atoms with Gasteiger partial charge in [-0.2, -0.15) is 0 Å². The fourth-order valence-electron chi connectivity index (χ4n) is 2.10. The van der Waals surface area contributed by atoms with Gasteiger partial charge in [0, 0.05) is 13.5 Å². The number of hydrogen-bond donors (Lipinski definition) is 0. The van der Waals surface area contributed by atoms with Crippen LogP contribution in [0, 0.1) is 5.92 Å². The van der Waals surface area contributed by atoms with Crippen molar-refractivity contribution in [1.29, 1.82) is 0 Å². The Kier molecular flexibility index (Phi) is 3.48. The lowest BCUT2D eigenvalue weighted by Gasteiger charge is -2.26. The van der Waals surface area contributed by atoms with Crippen molar-refractivity contribution in [2.24, 2.45) is 5.92 Å². The number of ketones is 1. The molecule has 76 valence electrons. The van der Waals surface area contributed by atoms with Gasteiger partial charge in [-0.1, -0.05) is 13.8 Å². The van der Waals surface area contributed by atoms with Crippen molar-refractivity contribution in [2.45, 2.75) is 51.6 Å². The minimum absolute atomic E-state index is 0.308. The molecule has 1 aliphatic carbocycles. The van der Waals surface area contributed by atoms with Crippen LogP contribution in [0.25, 0.3) is 0 Å². The van der Waals surface area contributed by atoms with Crippen LogP contribution in [0.15, 0.2) is 0 Å². The van der Waals surface area contributed by atoms with Crippen LogP contribution < -0.4 is 0 Å². The van der Waals surface area contributed by atoms with Crippen LogP contribution in [0.4, 0.5) is 0 Å². The highest BCUT2D eigenvalue weighted by molar-refractivity contribution is 5.87. The van der Waals surface area contributed by atoms with Crippen molar-refractivity contribution in [3.63, 3.8) is 0 Å². The van der Waals surface area contributed by atoms with Gasteiger partial charge in [0.15, 0.2) is 5.78 Å². The van der Waals surface area contributed by atoms with Crippen LogP contribution in [-0.4, -0.2) is 18.5 Å². The number of hydrogen-bond acceptors (Lipinski definition) is 2. The van der Waals surface area contributed by atoms with E-state index in [1.54, 1.807) is 7.11 Å². The summed E-state index contributed by atoms with van der Waals surface area (Å²) in [4.78, 5) is 11.9. The van der Waals surface area contributed by atoms with Crippen molar-refractivity contribution in [3.05, 3.63) is 0 Å². The Morgan fingerprint density at radius 1 is 1.38 bits per heavy atom. The first-order valence-corrected chi connectivity index (χ1v) is 5.19. The van der Waals surface area contributed by atoms with Crippen molar-refractivity contribution >= 4 is 5.78 Å². The zero-order valence-corrected chi connectivity index (χ0v) is 8.93. The van der Waals surface area contributed by atoms with E-state index in [0.29, 0.717) is 18.1 Å². The molecule has 0 bridgehead atoms. The number of ether oxygens (including phenoxy) is 1. The van der Waals surface area contributed by atoms with Crippen molar-refractivity contribution < 1.29 is 9.53 Å². The van der Waals surface area contributed by atoms with Crippen molar-refractivity contribution in [1.82, 2.24) is 0 Å². The van der Waals surface area contributed by atoms with Gasteiger partial charge < -0.3 is 4.74 Å². The molecule has 1 aliphatic rings. The van der Waals surface area contributed by atoms with Crippen LogP contribution in [0.1, 0.15) is 46.0 Å². The molecule has 1 saturated carbocycles. The SMILES string of the molecule is COC1(C(=O)CC(C)C)CCCC1. The molecule has 13 heavy (non-hydrogen) atoms. The second kappa shape index (κ2) is 4.23. The number of Topliss-reactive ketones (excluding diaryl/α,β-unsaturated/α-hetero) is 1. The van der Waals surface area contributed by atoms with Crippen molar-refractivity contribution in [2.75, 3.05) is 7.11 Å². The zero-order chi connectivity index (χ0) is 9.90. The second-order valence-electron chi connectivity index (χ2n) is 4.43. The molecule has 2 heteroatoms. The minimum atomic E-state index is -0.412. The van der Waals surface area contributed by atoms with Gasteiger partial charge in [0.25, 0.3) is 0 Å². The van der Waals surface area contributed by atoms with Gasteiger partial charge in [0.2, 0.25) is 0 Å². The van der Waals surface area contributed by atoms with Crippen LogP contribution in [-0.2, 0) is 9.53 Å². The number of methoxy groups -OCH3 is 1. The first-order chi connectivity index (χ1) is 6.10. The van der Waals surface area contributed by atoms with Crippen molar-refractivity contribution in [3.8, 4) is 0 Å². The summed E-state index contributed by atoms with van der Waals surface area (Å²) in [6, 6.07) is 0. The first-order valence-electron chi connectivity index (χ1n) is 5.19. The van der Waals surface area contributed by atoms with Crippen LogP contribution in [0.3, 0.4) is 0 Å². The van der Waals surface area contributed by atoms with E-state index in [2.05, 4.69) is 13.8 Å². The Hall–Kier alpha value is -0.370. The summed E-state index contributed by atoms with van der Waals surface area (Å²) in [7, 11) is 1.67. The predicted molar refractivity (Wildman–Crippen MR) is 52.7 cm³/mol. The second-order valence-corrected chi connectivity index (χ2v) is 4.43. The third kappa shape index (κ3) is 2.31. The van der Waals surface area contributed by atoms with Gasteiger partial charge in [0.05, 0.1) is 0 Å². The summed E-state index contributed by atoms with van der Waals surface area (Å²) in [6.07, 6.45) is 4.79. The highest BCUT2D eigenvalue weighted by Crippen LogP contribution is 2.34. The molecule has 0 aliphatic heterocycles. The van der Waals surface area contributed by atoms with E-state index in [1.165, 1.54) is 0 Å². The van der Waals surface area contributed by atoms with Gasteiger partial charge >= 0.3 is 0 Å². The van der Waals surface area contributed by atoms with Gasteiger partial charge in [-0.3, -0.25) is 4.79 Å². The average Bonchev–Trinajstić information content (AvgIpc) is 2.51. The molecular weight excluding hydrogens is 164 g/mol. The van der Waals surface area contributed by atoms with Gasteiger partial charge in [0.1, 0.15) is 5.60 Å². The summed E-state index contributed by atoms with van der Waals surface area (Å²) in [5, 5.41) is 0. The van der Waals surface area contributed by atoms with E-state index in [-0.39, 0.29) is 0 Å². The van der Waals surface area contributed by atoms with Crippen LogP contribution in [0.5, 0.6) is 0 Å². The molecule has 0 aromatic rings. The largest absolute Gasteiger partial charge is 0.370 e. The van der Waals surface area contributed by atoms with Crippen LogP contribution >= 0.6 is 0 Å². The fourth-order valence-corrected chi connectivity index (χ4v) is 2.10. The zero-order valence-electron chi connectivity index (χ0n) is 8.93. The highest BCUT2D eigenvalue weighted by Gasteiger charge is 2.40. The lowest BCUT2D eigenvalue weighted by Crippen LogP contribution is -2.38. The standard InChI is InChI=1S/C11H20O2/c1-9(2)8-10(12)11(13-3)6-4-5-7-11/h9H,4-8H2,1-3H3. The Morgan fingerprint density at radius 3 is 2.31 bits per heavy atom. The molecule has 1 rings (SSSR count). The molecule has 0 radical (unpaired) electrons. The molecule has 0 heterocycles. The van der Waals surface area contributed by atoms with E-state index in [4.69, 9.17) is 4.74 Å². The van der Waals surface area contributed by atoms with E-state index < -0.39 is 5.60 Å². The maximum Gasteiger partial charge on any atom is 0.164 e. The Labute approximate surface area is 80.7 Å². The van der Waals surface area contributed by atoms with Gasteiger partial charge in [-0.05, 0) is 31.6 Å². The third-order valence-corrected chi connectivity index (χ3v) is 2.90. The molecule has 0 aromatic carbocycles. The maximum atomic E-state index is 11.9. The highest BCUT2D eigenvalue weighted by atomic mass is 16.5. The molecule has 1 fully saturated rings. The van der Waals surface area contributed by atoms with E-state index in [0.717, 1.165) is 25.7 Å². The lowest BCUT2D eigenvalue weighted by atomic mass is 9.90. The molecule has 0 amide bonds. The summed E-state index contributed by atoms with van der Waals surface area (Å²) in [5.74, 6) is 0.752. The lowest BCUT2D eigenvalue weighted by molar-refractivity contribution is -0.141. The Balaban J connectivity index is 2.60. The monoisotopic (exact) mass is 184 g/mol. The van der Waals surface area contributed by atoms with E-state index in [9.17, 15) is 4.79 Å². The molecule has 0 spiro atoms. The normalized spacial score (nSPS) is 20.9. The fraction of sp³-hybridized carbons (Fsp3) is 0.909. The maximum absolute atomic E-state index is 11.9. The number of carbonyl (C=O) groups is 1. The molecular formula is C11H20O2. The molecule has 0 N–H and O–H groups in total. The molecule has 0 saturated heterocycles. The Morgan fingerprint density at radius 2 is 1.92 bits per heavy atom. The summed E-state index contributed by atoms with van der Waals surface area (Å²) in [6.45, 7) is 4.16. The number of carbonyl (C=O) groups excluding carboxylic acids is 1. The average molecular weight is 184 g/mol. The smallest absolute Gasteiger partial charge is 0.164 e. The topological polar surface area (TPSA) is 26.3 Å². The quantitative estimate of drug-likeness (QED) is 0.671. The Bertz CT molecular complexity index is 179. The molecule has 0 unspecified atom stereocenters. The number of rotatable bonds is 4. The summed E-state index contributed by atoms with van der Waals surface area (Å²) < 4.78 is 5.41. The first kappa shape index (κ1) is 10.7. The van der Waals surface area contributed by atoms with Crippen LogP contribution in [0.2, 0.25) is 0 Å². The third-order valence-electron chi connectivity index (χ3n) is 2.90.